The average molecular weight is 339 g/mol. The lowest BCUT2D eigenvalue weighted by Gasteiger charge is -2.37. The standard InChI is InChI=1S/C20H22FN3O/c1-24-9-8-19(14-2-5-17(21)6-3-14)16(12-24)13-25-18-7-4-15-11-22-23-20(15)10-18/h2-7,10-11,16,19H,8-9,12-13H2,1H3,(H,22,23)/t16-,19-/m0/s1. The van der Waals surface area contributed by atoms with Crippen LogP contribution in [0.5, 0.6) is 5.75 Å². The summed E-state index contributed by atoms with van der Waals surface area (Å²) in [6.45, 7) is 2.68. The number of aromatic nitrogens is 2. The first-order valence-corrected chi connectivity index (χ1v) is 8.69. The number of hydrogen-bond donors (Lipinski definition) is 1. The Morgan fingerprint density at radius 3 is 2.92 bits per heavy atom. The van der Waals surface area contributed by atoms with Gasteiger partial charge in [0.05, 0.1) is 18.3 Å². The summed E-state index contributed by atoms with van der Waals surface area (Å²) in [4.78, 5) is 2.34. The van der Waals surface area contributed by atoms with Crippen molar-refractivity contribution < 1.29 is 9.13 Å². The molecule has 1 saturated heterocycles. The van der Waals surface area contributed by atoms with E-state index in [1.54, 1.807) is 18.3 Å². The Morgan fingerprint density at radius 1 is 1.24 bits per heavy atom. The number of fused-ring (bicyclic) bond motifs is 1. The Kier molecular flexibility index (Phi) is 4.40. The summed E-state index contributed by atoms with van der Waals surface area (Å²) in [6, 6.07) is 12.9. The van der Waals surface area contributed by atoms with Crippen LogP contribution in [-0.2, 0) is 0 Å². The lowest BCUT2D eigenvalue weighted by atomic mass is 9.81. The van der Waals surface area contributed by atoms with E-state index in [0.717, 1.165) is 36.2 Å². The Labute approximate surface area is 146 Å². The van der Waals surface area contributed by atoms with Crippen LogP contribution in [-0.4, -0.2) is 41.8 Å². The topological polar surface area (TPSA) is 41.1 Å². The molecule has 4 nitrogen and oxygen atoms in total. The molecule has 1 N–H and O–H groups in total. The molecule has 1 aliphatic rings. The predicted molar refractivity (Wildman–Crippen MR) is 96.3 cm³/mol. The van der Waals surface area contributed by atoms with E-state index in [-0.39, 0.29) is 5.82 Å². The van der Waals surface area contributed by atoms with Crippen molar-refractivity contribution in [1.82, 2.24) is 15.1 Å². The van der Waals surface area contributed by atoms with Gasteiger partial charge in [-0.25, -0.2) is 4.39 Å². The predicted octanol–water partition coefficient (Wildman–Crippen LogP) is 3.82. The molecule has 4 rings (SSSR count). The van der Waals surface area contributed by atoms with Crippen LogP contribution in [0.15, 0.2) is 48.7 Å². The molecule has 1 aliphatic heterocycles. The minimum atomic E-state index is -0.183. The first kappa shape index (κ1) is 16.1. The quantitative estimate of drug-likeness (QED) is 0.786. The largest absolute Gasteiger partial charge is 0.493 e. The van der Waals surface area contributed by atoms with Crippen molar-refractivity contribution in [2.75, 3.05) is 26.7 Å². The van der Waals surface area contributed by atoms with Gasteiger partial charge in [-0.1, -0.05) is 12.1 Å². The summed E-state index contributed by atoms with van der Waals surface area (Å²) < 4.78 is 19.3. The fourth-order valence-corrected chi connectivity index (χ4v) is 3.74. The maximum atomic E-state index is 13.2. The first-order chi connectivity index (χ1) is 12.2. The Morgan fingerprint density at radius 2 is 2.08 bits per heavy atom. The summed E-state index contributed by atoms with van der Waals surface area (Å²) in [7, 11) is 2.14. The number of benzene rings is 2. The van der Waals surface area contributed by atoms with Gasteiger partial charge in [-0.3, -0.25) is 5.10 Å². The molecule has 0 aliphatic carbocycles. The van der Waals surface area contributed by atoms with Crippen molar-refractivity contribution in [2.24, 2.45) is 5.92 Å². The van der Waals surface area contributed by atoms with Crippen molar-refractivity contribution >= 4 is 10.9 Å². The van der Waals surface area contributed by atoms with Crippen LogP contribution in [0.1, 0.15) is 17.9 Å². The zero-order valence-corrected chi connectivity index (χ0v) is 14.3. The number of hydrogen-bond acceptors (Lipinski definition) is 3. The van der Waals surface area contributed by atoms with Crippen LogP contribution < -0.4 is 4.74 Å². The highest BCUT2D eigenvalue weighted by Crippen LogP contribution is 2.33. The van der Waals surface area contributed by atoms with Crippen molar-refractivity contribution in [3.05, 3.63) is 60.0 Å². The number of H-pyrrole nitrogens is 1. The third-order valence-electron chi connectivity index (χ3n) is 5.11. The molecule has 0 saturated carbocycles. The number of piperidine rings is 1. The van der Waals surface area contributed by atoms with Crippen molar-refractivity contribution in [3.63, 3.8) is 0 Å². The van der Waals surface area contributed by atoms with Gasteiger partial charge in [-0.05, 0) is 55.8 Å². The minimum Gasteiger partial charge on any atom is -0.493 e. The van der Waals surface area contributed by atoms with Gasteiger partial charge in [0, 0.05) is 23.9 Å². The molecule has 1 fully saturated rings. The average Bonchev–Trinajstić information content (AvgIpc) is 3.09. The van der Waals surface area contributed by atoms with Gasteiger partial charge in [0.2, 0.25) is 0 Å². The molecule has 0 bridgehead atoms. The summed E-state index contributed by atoms with van der Waals surface area (Å²) >= 11 is 0. The molecule has 2 atom stereocenters. The molecule has 25 heavy (non-hydrogen) atoms. The molecule has 1 aromatic heterocycles. The van der Waals surface area contributed by atoms with E-state index in [2.05, 4.69) is 22.1 Å². The van der Waals surface area contributed by atoms with Crippen LogP contribution in [0.25, 0.3) is 10.9 Å². The number of likely N-dealkylation sites (tertiary alicyclic amines) is 1. The fourth-order valence-electron chi connectivity index (χ4n) is 3.74. The molecular weight excluding hydrogens is 317 g/mol. The molecular formula is C20H22FN3O. The smallest absolute Gasteiger partial charge is 0.123 e. The van der Waals surface area contributed by atoms with E-state index in [1.807, 2.05) is 30.3 Å². The van der Waals surface area contributed by atoms with E-state index in [9.17, 15) is 4.39 Å². The molecule has 2 aromatic carbocycles. The van der Waals surface area contributed by atoms with Gasteiger partial charge in [0.1, 0.15) is 11.6 Å². The van der Waals surface area contributed by atoms with Crippen LogP contribution in [0.2, 0.25) is 0 Å². The van der Waals surface area contributed by atoms with E-state index < -0.39 is 0 Å². The normalized spacial score (nSPS) is 21.5. The second-order valence-corrected chi connectivity index (χ2v) is 6.90. The van der Waals surface area contributed by atoms with Crippen LogP contribution in [0, 0.1) is 11.7 Å². The van der Waals surface area contributed by atoms with Crippen molar-refractivity contribution in [2.45, 2.75) is 12.3 Å². The molecule has 0 radical (unpaired) electrons. The summed E-state index contributed by atoms with van der Waals surface area (Å²) in [5.41, 5.74) is 2.18. The SMILES string of the molecule is CN1CC[C@@H](c2ccc(F)cc2)[C@H](COc2ccc3cn[nH]c3c2)C1. The highest BCUT2D eigenvalue weighted by molar-refractivity contribution is 5.79. The number of ether oxygens (including phenoxy) is 1. The maximum Gasteiger partial charge on any atom is 0.123 e. The molecule has 2 heterocycles. The van der Waals surface area contributed by atoms with E-state index in [4.69, 9.17) is 4.74 Å². The number of nitrogens with one attached hydrogen (secondary N) is 1. The summed E-state index contributed by atoms with van der Waals surface area (Å²) in [6.07, 6.45) is 2.87. The number of rotatable bonds is 4. The van der Waals surface area contributed by atoms with E-state index >= 15 is 0 Å². The van der Waals surface area contributed by atoms with Gasteiger partial charge in [-0.2, -0.15) is 5.10 Å². The lowest BCUT2D eigenvalue weighted by molar-refractivity contribution is 0.129. The van der Waals surface area contributed by atoms with Crippen molar-refractivity contribution in [1.29, 1.82) is 0 Å². The number of halogens is 1. The van der Waals surface area contributed by atoms with Crippen LogP contribution in [0.4, 0.5) is 4.39 Å². The molecule has 3 aromatic rings. The Hall–Kier alpha value is -2.40. The van der Waals surface area contributed by atoms with Crippen LogP contribution >= 0.6 is 0 Å². The first-order valence-electron chi connectivity index (χ1n) is 8.69. The van der Waals surface area contributed by atoms with Gasteiger partial charge in [0.15, 0.2) is 0 Å². The van der Waals surface area contributed by atoms with E-state index in [0.29, 0.717) is 18.4 Å². The molecule has 0 unspecified atom stereocenters. The molecule has 0 spiro atoms. The molecule has 5 heteroatoms. The highest BCUT2D eigenvalue weighted by Gasteiger charge is 2.29. The second-order valence-electron chi connectivity index (χ2n) is 6.90. The van der Waals surface area contributed by atoms with E-state index in [1.165, 1.54) is 5.56 Å². The zero-order chi connectivity index (χ0) is 17.2. The number of nitrogens with zero attached hydrogens (tertiary/aromatic N) is 2. The van der Waals surface area contributed by atoms with Gasteiger partial charge < -0.3 is 9.64 Å². The lowest BCUT2D eigenvalue weighted by Crippen LogP contribution is -2.39. The monoisotopic (exact) mass is 339 g/mol. The third-order valence-corrected chi connectivity index (χ3v) is 5.11. The summed E-state index contributed by atoms with van der Waals surface area (Å²) in [5.74, 6) is 1.44. The molecule has 0 amide bonds. The minimum absolute atomic E-state index is 0.183. The zero-order valence-electron chi connectivity index (χ0n) is 14.3. The van der Waals surface area contributed by atoms with Gasteiger partial charge >= 0.3 is 0 Å². The Balaban J connectivity index is 1.49. The second kappa shape index (κ2) is 6.84. The Bertz CT molecular complexity index is 846. The van der Waals surface area contributed by atoms with Crippen LogP contribution in [0.3, 0.4) is 0 Å². The van der Waals surface area contributed by atoms with Gasteiger partial charge in [0.25, 0.3) is 0 Å². The highest BCUT2D eigenvalue weighted by atomic mass is 19.1. The summed E-state index contributed by atoms with van der Waals surface area (Å²) in [5, 5.41) is 8.09. The van der Waals surface area contributed by atoms with Crippen molar-refractivity contribution in [3.8, 4) is 5.75 Å². The third kappa shape index (κ3) is 3.51. The molecule has 130 valence electrons. The van der Waals surface area contributed by atoms with Gasteiger partial charge in [-0.15, -0.1) is 0 Å². The number of aromatic amines is 1. The maximum absolute atomic E-state index is 13.2. The fraction of sp³-hybridized carbons (Fsp3) is 0.350.